The zero-order chi connectivity index (χ0) is 14.8. The summed E-state index contributed by atoms with van der Waals surface area (Å²) in [5, 5.41) is 13.8. The number of nitrogens with one attached hydrogen (secondary N) is 1. The Morgan fingerprint density at radius 2 is 2.15 bits per heavy atom. The Balaban J connectivity index is 1.93. The molecule has 1 saturated carbocycles. The van der Waals surface area contributed by atoms with Crippen LogP contribution < -0.4 is 5.32 Å². The maximum Gasteiger partial charge on any atom is 0.323 e. The van der Waals surface area contributed by atoms with Crippen molar-refractivity contribution in [2.45, 2.75) is 51.6 Å². The minimum atomic E-state index is -0.709. The summed E-state index contributed by atoms with van der Waals surface area (Å²) in [6.45, 7) is 4.44. The number of anilines is 1. The molecule has 20 heavy (non-hydrogen) atoms. The number of carbonyl (C=O) groups excluding carboxylic acids is 1. The third kappa shape index (κ3) is 3.49. The second kappa shape index (κ2) is 6.10. The quantitative estimate of drug-likeness (QED) is 0.898. The molecule has 1 aromatic heterocycles. The minimum Gasteiger partial charge on any atom is -0.388 e. The van der Waals surface area contributed by atoms with Gasteiger partial charge in [0.1, 0.15) is 0 Å². The van der Waals surface area contributed by atoms with Crippen LogP contribution in [-0.2, 0) is 6.42 Å². The average molecular weight is 297 g/mol. The molecule has 0 radical (unpaired) electrons. The van der Waals surface area contributed by atoms with Crippen LogP contribution >= 0.6 is 11.3 Å². The zero-order valence-electron chi connectivity index (χ0n) is 12.4. The van der Waals surface area contributed by atoms with Gasteiger partial charge in [-0.05, 0) is 26.2 Å². The lowest BCUT2D eigenvalue weighted by Gasteiger charge is -2.28. The predicted molar refractivity (Wildman–Crippen MR) is 81.3 cm³/mol. The Kier molecular flexibility index (Phi) is 4.65. The molecule has 1 aromatic rings. The van der Waals surface area contributed by atoms with Crippen LogP contribution in [0, 0.1) is 6.92 Å². The van der Waals surface area contributed by atoms with Gasteiger partial charge < -0.3 is 10.0 Å². The molecule has 0 bridgehead atoms. The molecule has 1 aliphatic carbocycles. The number of thiazole rings is 1. The highest BCUT2D eigenvalue weighted by atomic mass is 32.1. The van der Waals surface area contributed by atoms with Crippen LogP contribution in [0.1, 0.15) is 43.2 Å². The molecule has 1 aliphatic rings. The fourth-order valence-corrected chi connectivity index (χ4v) is 3.59. The van der Waals surface area contributed by atoms with E-state index in [9.17, 15) is 9.90 Å². The zero-order valence-corrected chi connectivity index (χ0v) is 13.2. The van der Waals surface area contributed by atoms with Crippen LogP contribution in [0.3, 0.4) is 0 Å². The number of aliphatic hydroxyl groups is 1. The number of urea groups is 1. The number of likely N-dealkylation sites (N-methyl/N-ethyl adjacent to an activating group) is 1. The number of hydrogen-bond donors (Lipinski definition) is 2. The number of aryl methyl sites for hydroxylation is 2. The van der Waals surface area contributed by atoms with Crippen molar-refractivity contribution in [2.75, 3.05) is 18.9 Å². The van der Waals surface area contributed by atoms with Crippen molar-refractivity contribution in [1.82, 2.24) is 9.88 Å². The molecule has 2 amide bonds. The van der Waals surface area contributed by atoms with Crippen molar-refractivity contribution in [3.63, 3.8) is 0 Å². The topological polar surface area (TPSA) is 65.5 Å². The molecular formula is C14H23N3O2S. The Labute approximate surface area is 124 Å². The molecule has 112 valence electrons. The van der Waals surface area contributed by atoms with E-state index in [0.717, 1.165) is 42.7 Å². The molecule has 1 fully saturated rings. The van der Waals surface area contributed by atoms with E-state index in [2.05, 4.69) is 17.2 Å². The van der Waals surface area contributed by atoms with Gasteiger partial charge in [-0.2, -0.15) is 0 Å². The smallest absolute Gasteiger partial charge is 0.323 e. The van der Waals surface area contributed by atoms with Crippen molar-refractivity contribution in [2.24, 2.45) is 0 Å². The average Bonchev–Trinajstić information content (AvgIpc) is 2.95. The highest BCUT2D eigenvalue weighted by Gasteiger charge is 2.33. The van der Waals surface area contributed by atoms with Gasteiger partial charge in [0.05, 0.1) is 17.8 Å². The fourth-order valence-electron chi connectivity index (χ4n) is 2.70. The molecule has 0 unspecified atom stereocenters. The first-order chi connectivity index (χ1) is 9.43. The minimum absolute atomic E-state index is 0.207. The number of amides is 2. The summed E-state index contributed by atoms with van der Waals surface area (Å²) in [6, 6.07) is -0.207. The molecule has 1 heterocycles. The highest BCUT2D eigenvalue weighted by molar-refractivity contribution is 7.15. The van der Waals surface area contributed by atoms with E-state index in [0.29, 0.717) is 11.7 Å². The van der Waals surface area contributed by atoms with Gasteiger partial charge in [-0.3, -0.25) is 5.32 Å². The Morgan fingerprint density at radius 1 is 1.50 bits per heavy atom. The summed E-state index contributed by atoms with van der Waals surface area (Å²) in [6.07, 6.45) is 4.50. The van der Waals surface area contributed by atoms with Gasteiger partial charge in [0.25, 0.3) is 0 Å². The van der Waals surface area contributed by atoms with Crippen LogP contribution in [0.4, 0.5) is 9.93 Å². The molecule has 0 atom stereocenters. The first-order valence-corrected chi connectivity index (χ1v) is 7.96. The van der Waals surface area contributed by atoms with Crippen LogP contribution in [0.25, 0.3) is 0 Å². The SMILES string of the molecule is CCc1nc(NC(=O)N(C)CC2(O)CCCC2)sc1C. The Morgan fingerprint density at radius 3 is 2.70 bits per heavy atom. The highest BCUT2D eigenvalue weighted by Crippen LogP contribution is 2.30. The molecule has 2 rings (SSSR count). The Bertz CT molecular complexity index is 481. The molecule has 0 spiro atoms. The van der Waals surface area contributed by atoms with Crippen molar-refractivity contribution < 1.29 is 9.90 Å². The van der Waals surface area contributed by atoms with Crippen molar-refractivity contribution in [1.29, 1.82) is 0 Å². The van der Waals surface area contributed by atoms with E-state index in [1.165, 1.54) is 11.3 Å². The van der Waals surface area contributed by atoms with Crippen LogP contribution in [0.5, 0.6) is 0 Å². The number of hydrogen-bond acceptors (Lipinski definition) is 4. The number of nitrogens with zero attached hydrogens (tertiary/aromatic N) is 2. The Hall–Kier alpha value is -1.14. The second-order valence-corrected chi connectivity index (χ2v) is 6.80. The molecule has 0 saturated heterocycles. The molecule has 6 heteroatoms. The molecule has 0 aromatic carbocycles. The van der Waals surface area contributed by atoms with Gasteiger partial charge in [-0.25, -0.2) is 9.78 Å². The molecule has 2 N–H and O–H groups in total. The van der Waals surface area contributed by atoms with E-state index in [1.54, 1.807) is 11.9 Å². The number of carbonyl (C=O) groups is 1. The molecular weight excluding hydrogens is 274 g/mol. The maximum atomic E-state index is 12.1. The van der Waals surface area contributed by atoms with Gasteiger partial charge in [0.15, 0.2) is 5.13 Å². The summed E-state index contributed by atoms with van der Waals surface area (Å²) in [5.41, 5.74) is 0.321. The monoisotopic (exact) mass is 297 g/mol. The summed E-state index contributed by atoms with van der Waals surface area (Å²) < 4.78 is 0. The van der Waals surface area contributed by atoms with E-state index < -0.39 is 5.60 Å². The van der Waals surface area contributed by atoms with Gasteiger partial charge in [0, 0.05) is 11.9 Å². The van der Waals surface area contributed by atoms with E-state index in [-0.39, 0.29) is 6.03 Å². The molecule has 5 nitrogen and oxygen atoms in total. The first kappa shape index (κ1) is 15.3. The largest absolute Gasteiger partial charge is 0.388 e. The van der Waals surface area contributed by atoms with E-state index in [1.807, 2.05) is 6.92 Å². The van der Waals surface area contributed by atoms with Gasteiger partial charge in [-0.15, -0.1) is 11.3 Å². The van der Waals surface area contributed by atoms with E-state index in [4.69, 9.17) is 0 Å². The van der Waals surface area contributed by atoms with E-state index >= 15 is 0 Å². The van der Waals surface area contributed by atoms with Crippen molar-refractivity contribution in [3.8, 4) is 0 Å². The third-order valence-electron chi connectivity index (χ3n) is 3.85. The summed E-state index contributed by atoms with van der Waals surface area (Å²) >= 11 is 1.49. The fraction of sp³-hybridized carbons (Fsp3) is 0.714. The number of aromatic nitrogens is 1. The second-order valence-electron chi connectivity index (χ2n) is 5.59. The number of rotatable bonds is 4. The molecule has 0 aliphatic heterocycles. The maximum absolute atomic E-state index is 12.1. The predicted octanol–water partition coefficient (Wildman–Crippen LogP) is 2.78. The third-order valence-corrected chi connectivity index (χ3v) is 4.78. The van der Waals surface area contributed by atoms with Crippen molar-refractivity contribution >= 4 is 22.5 Å². The van der Waals surface area contributed by atoms with Gasteiger partial charge >= 0.3 is 6.03 Å². The summed E-state index contributed by atoms with van der Waals surface area (Å²) in [4.78, 5) is 19.2. The standard InChI is InChI=1S/C14H23N3O2S/c1-4-11-10(2)20-12(15-11)16-13(18)17(3)9-14(19)7-5-6-8-14/h19H,4-9H2,1-3H3,(H,15,16,18). The first-order valence-electron chi connectivity index (χ1n) is 7.14. The van der Waals surface area contributed by atoms with Crippen LogP contribution in [0.15, 0.2) is 0 Å². The van der Waals surface area contributed by atoms with Crippen molar-refractivity contribution in [3.05, 3.63) is 10.6 Å². The lowest BCUT2D eigenvalue weighted by atomic mass is 10.0. The summed E-state index contributed by atoms with van der Waals surface area (Å²) in [5.74, 6) is 0. The lowest BCUT2D eigenvalue weighted by Crippen LogP contribution is -2.43. The lowest BCUT2D eigenvalue weighted by molar-refractivity contribution is 0.0261. The van der Waals surface area contributed by atoms with Crippen LogP contribution in [0.2, 0.25) is 0 Å². The van der Waals surface area contributed by atoms with Gasteiger partial charge in [-0.1, -0.05) is 19.8 Å². The van der Waals surface area contributed by atoms with Crippen LogP contribution in [-0.4, -0.2) is 40.2 Å². The summed E-state index contributed by atoms with van der Waals surface area (Å²) in [7, 11) is 1.72. The van der Waals surface area contributed by atoms with Gasteiger partial charge in [0.2, 0.25) is 0 Å². The normalized spacial score (nSPS) is 17.2.